The van der Waals surface area contributed by atoms with Crippen LogP contribution in [0.1, 0.15) is 11.1 Å². The van der Waals surface area contributed by atoms with E-state index in [9.17, 15) is 9.59 Å². The van der Waals surface area contributed by atoms with E-state index in [2.05, 4.69) is 32.6 Å². The molecule has 0 saturated carbocycles. The Morgan fingerprint density at radius 1 is 1.12 bits per heavy atom. The van der Waals surface area contributed by atoms with E-state index < -0.39 is 11.9 Å². The molecule has 3 rings (SSSR count). The Hall–Kier alpha value is -2.06. The molecule has 0 spiro atoms. The number of halogens is 1. The van der Waals surface area contributed by atoms with Crippen molar-refractivity contribution >= 4 is 33.6 Å². The Labute approximate surface area is 147 Å². The first kappa shape index (κ1) is 18.3. The number of carboxylic acids is 2. The highest BCUT2D eigenvalue weighted by Gasteiger charge is 2.20. The van der Waals surface area contributed by atoms with Gasteiger partial charge in [-0.3, -0.25) is 0 Å². The summed E-state index contributed by atoms with van der Waals surface area (Å²) in [7, 11) is 0. The number of rotatable bonds is 2. The normalized spacial score (nSPS) is 15.7. The maximum Gasteiger partial charge on any atom is 0.328 e. The number of hydrogen-bond donors (Lipinski definition) is 4. The van der Waals surface area contributed by atoms with Crippen LogP contribution in [0.2, 0.25) is 0 Å². The molecule has 2 heterocycles. The van der Waals surface area contributed by atoms with E-state index in [-0.39, 0.29) is 0 Å². The monoisotopic (exact) mass is 398 g/mol. The lowest BCUT2D eigenvalue weighted by Gasteiger charge is -2.23. The number of hydrogen-bond acceptors (Lipinski definition) is 5. The maximum atomic E-state index is 9.55. The Morgan fingerprint density at radius 3 is 2.46 bits per heavy atom. The van der Waals surface area contributed by atoms with Gasteiger partial charge in [0.2, 0.25) is 0 Å². The summed E-state index contributed by atoms with van der Waals surface area (Å²) in [6.45, 7) is 3.77. The molecule has 0 atom stereocenters. The predicted octanol–water partition coefficient (Wildman–Crippen LogP) is 1.65. The molecule has 24 heavy (non-hydrogen) atoms. The minimum Gasteiger partial charge on any atom is -0.490 e. The zero-order chi connectivity index (χ0) is 17.5. The third kappa shape index (κ3) is 4.97. The van der Waals surface area contributed by atoms with E-state index >= 15 is 0 Å². The van der Waals surface area contributed by atoms with Gasteiger partial charge in [0.05, 0.1) is 5.69 Å². The molecule has 0 amide bonds. The van der Waals surface area contributed by atoms with Crippen molar-refractivity contribution in [3.8, 4) is 5.75 Å². The number of aliphatic carboxylic acids is 2. The van der Waals surface area contributed by atoms with Gasteiger partial charge >= 0.3 is 11.9 Å². The lowest BCUT2D eigenvalue weighted by atomic mass is 10.0. The molecule has 0 bridgehead atoms. The second-order valence-electron chi connectivity index (χ2n) is 5.24. The minimum atomic E-state index is -1.26. The van der Waals surface area contributed by atoms with Crippen LogP contribution < -0.4 is 15.4 Å². The van der Waals surface area contributed by atoms with Crippen molar-refractivity contribution in [2.75, 3.05) is 31.6 Å². The summed E-state index contributed by atoms with van der Waals surface area (Å²) < 4.78 is 6.90. The van der Waals surface area contributed by atoms with Crippen molar-refractivity contribution < 1.29 is 24.5 Å². The molecule has 0 radical (unpaired) electrons. The van der Waals surface area contributed by atoms with Crippen LogP contribution in [0.15, 0.2) is 22.7 Å². The molecule has 2 aliphatic heterocycles. The quantitative estimate of drug-likeness (QED) is 0.560. The molecule has 0 saturated heterocycles. The van der Waals surface area contributed by atoms with E-state index in [1.807, 2.05) is 0 Å². The maximum absolute atomic E-state index is 9.55. The van der Waals surface area contributed by atoms with Crippen molar-refractivity contribution in [1.82, 2.24) is 5.32 Å². The van der Waals surface area contributed by atoms with Gasteiger partial charge in [-0.05, 0) is 59.1 Å². The Kier molecular flexibility index (Phi) is 6.62. The second-order valence-corrected chi connectivity index (χ2v) is 6.03. The zero-order valence-electron chi connectivity index (χ0n) is 13.0. The number of ether oxygens (including phenoxy) is 1. The first-order valence-corrected chi connectivity index (χ1v) is 8.34. The summed E-state index contributed by atoms with van der Waals surface area (Å²) in [6, 6.07) is 2.20. The van der Waals surface area contributed by atoms with E-state index in [1.165, 1.54) is 15.6 Å². The molecule has 0 aliphatic carbocycles. The van der Waals surface area contributed by atoms with Gasteiger partial charge in [0, 0.05) is 23.2 Å². The van der Waals surface area contributed by atoms with Crippen LogP contribution >= 0.6 is 15.9 Å². The summed E-state index contributed by atoms with van der Waals surface area (Å²) in [5.41, 5.74) is 3.98. The number of fused-ring (bicyclic) bond motifs is 2. The lowest BCUT2D eigenvalue weighted by molar-refractivity contribution is -0.134. The minimum absolute atomic E-state index is 0.558. The van der Waals surface area contributed by atoms with Gasteiger partial charge in [-0.25, -0.2) is 9.59 Å². The van der Waals surface area contributed by atoms with E-state index in [0.717, 1.165) is 50.5 Å². The summed E-state index contributed by atoms with van der Waals surface area (Å²) in [5.74, 6) is -1.52. The second kappa shape index (κ2) is 8.70. The molecule has 2 aliphatic rings. The molecule has 8 heteroatoms. The fourth-order valence-corrected chi connectivity index (χ4v) is 3.32. The molecule has 0 unspecified atom stereocenters. The number of anilines is 1. The Morgan fingerprint density at radius 2 is 1.79 bits per heavy atom. The van der Waals surface area contributed by atoms with Crippen molar-refractivity contribution in [2.45, 2.75) is 12.8 Å². The van der Waals surface area contributed by atoms with E-state index in [4.69, 9.17) is 14.9 Å². The van der Waals surface area contributed by atoms with Crippen LogP contribution in [0.4, 0.5) is 5.69 Å². The predicted molar refractivity (Wildman–Crippen MR) is 92.8 cm³/mol. The molecule has 0 fully saturated rings. The molecule has 130 valence electrons. The highest BCUT2D eigenvalue weighted by molar-refractivity contribution is 9.10. The van der Waals surface area contributed by atoms with Crippen LogP contribution in [0.25, 0.3) is 0 Å². The number of benzene rings is 1. The van der Waals surface area contributed by atoms with Crippen LogP contribution in [0.3, 0.4) is 0 Å². The number of carbonyl (C=O) groups is 2. The molecular formula is C16H19BrN2O5. The molecule has 7 nitrogen and oxygen atoms in total. The molecule has 4 N–H and O–H groups in total. The molecular weight excluding hydrogens is 380 g/mol. The lowest BCUT2D eigenvalue weighted by Crippen LogP contribution is -2.19. The van der Waals surface area contributed by atoms with Crippen LogP contribution in [0, 0.1) is 0 Å². The van der Waals surface area contributed by atoms with E-state index in [1.54, 1.807) is 0 Å². The van der Waals surface area contributed by atoms with Crippen molar-refractivity contribution in [3.63, 3.8) is 0 Å². The van der Waals surface area contributed by atoms with Crippen molar-refractivity contribution in [3.05, 3.63) is 33.8 Å². The number of carboxylic acid groups (broad SMARTS) is 2. The van der Waals surface area contributed by atoms with Crippen molar-refractivity contribution in [2.24, 2.45) is 0 Å². The summed E-state index contributed by atoms with van der Waals surface area (Å²) in [4.78, 5) is 19.1. The topological polar surface area (TPSA) is 108 Å². The average molecular weight is 399 g/mol. The van der Waals surface area contributed by atoms with E-state index in [0.29, 0.717) is 12.2 Å². The van der Waals surface area contributed by atoms with Gasteiger partial charge in [0.25, 0.3) is 0 Å². The van der Waals surface area contributed by atoms with Gasteiger partial charge in [-0.15, -0.1) is 0 Å². The Balaban J connectivity index is 0.000000224. The average Bonchev–Trinajstić information content (AvgIpc) is 2.79. The largest absolute Gasteiger partial charge is 0.490 e. The van der Waals surface area contributed by atoms with Gasteiger partial charge < -0.3 is 25.6 Å². The first-order valence-electron chi connectivity index (χ1n) is 7.54. The van der Waals surface area contributed by atoms with Crippen LogP contribution in [-0.4, -0.2) is 48.4 Å². The summed E-state index contributed by atoms with van der Waals surface area (Å²) in [5, 5.41) is 22.5. The van der Waals surface area contributed by atoms with Gasteiger partial charge in [0.1, 0.15) is 12.4 Å². The SMILES string of the molecule is Brc1c2c(cc3c1NCCO3)CCNCC2.O=C(O)/C=C/C(=O)O. The molecule has 1 aromatic rings. The smallest absolute Gasteiger partial charge is 0.328 e. The van der Waals surface area contributed by atoms with Crippen LogP contribution in [-0.2, 0) is 22.4 Å². The van der Waals surface area contributed by atoms with Gasteiger partial charge in [-0.1, -0.05) is 0 Å². The van der Waals surface area contributed by atoms with Gasteiger partial charge in [0.15, 0.2) is 0 Å². The van der Waals surface area contributed by atoms with Crippen LogP contribution in [0.5, 0.6) is 5.75 Å². The molecule has 1 aromatic carbocycles. The summed E-state index contributed by atoms with van der Waals surface area (Å²) >= 11 is 3.72. The fourth-order valence-electron chi connectivity index (χ4n) is 2.53. The number of nitrogens with one attached hydrogen (secondary N) is 2. The third-order valence-corrected chi connectivity index (χ3v) is 4.45. The fraction of sp³-hybridized carbons (Fsp3) is 0.375. The first-order chi connectivity index (χ1) is 11.5. The zero-order valence-corrected chi connectivity index (χ0v) is 14.6. The van der Waals surface area contributed by atoms with Crippen molar-refractivity contribution in [1.29, 1.82) is 0 Å². The standard InChI is InChI=1S/C12H15BrN2O.C4H4O4/c13-11-9-2-4-14-3-1-8(9)7-10-12(11)15-5-6-16-10;5-3(6)1-2-4(7)8/h7,14-15H,1-6H2;1-2H,(H,5,6)(H,7,8)/b;2-1+. The Bertz CT molecular complexity index is 644. The summed E-state index contributed by atoms with van der Waals surface area (Å²) in [6.07, 6.45) is 3.29. The third-order valence-electron chi connectivity index (χ3n) is 3.58. The van der Waals surface area contributed by atoms with Gasteiger partial charge in [-0.2, -0.15) is 0 Å². The highest BCUT2D eigenvalue weighted by atomic mass is 79.9. The molecule has 0 aromatic heterocycles. The highest BCUT2D eigenvalue weighted by Crippen LogP contribution is 2.40.